The fraction of sp³-hybridized carbons (Fsp3) is 0.619. The number of ether oxygens (including phenoxy) is 1. The zero-order valence-electron chi connectivity index (χ0n) is 26.1. The Bertz CT molecular complexity index is 1010. The molecule has 1 aromatic carbocycles. The Kier molecular flexibility index (Phi) is 3.91. The summed E-state index contributed by atoms with van der Waals surface area (Å²) in [5.41, 5.74) is -0.465. The summed E-state index contributed by atoms with van der Waals surface area (Å²) in [4.78, 5) is 24.6. The van der Waals surface area contributed by atoms with Gasteiger partial charge in [0.05, 0.1) is 0 Å². The van der Waals surface area contributed by atoms with Crippen LogP contribution >= 0.6 is 11.8 Å². The van der Waals surface area contributed by atoms with Gasteiger partial charge in [0.1, 0.15) is 5.60 Å². The summed E-state index contributed by atoms with van der Waals surface area (Å²) < 4.78 is 94.7. The molecule has 0 aromatic heterocycles. The summed E-state index contributed by atoms with van der Waals surface area (Å²) in [6, 6.07) is 5.94. The number of benzene rings is 1. The predicted octanol–water partition coefficient (Wildman–Crippen LogP) is 5.46. The lowest BCUT2D eigenvalue weighted by Crippen LogP contribution is -2.33. The Labute approximate surface area is 176 Å². The lowest BCUT2D eigenvalue weighted by Gasteiger charge is -2.21. The molecule has 1 aromatic rings. The average molecular weight is 389 g/mol. The van der Waals surface area contributed by atoms with Gasteiger partial charge >= 0.3 is 6.09 Å². The van der Waals surface area contributed by atoms with Gasteiger partial charge in [0.2, 0.25) is 0 Å². The lowest BCUT2D eigenvalue weighted by atomic mass is 9.91. The first-order chi connectivity index (χ1) is 16.5. The van der Waals surface area contributed by atoms with E-state index in [-0.39, 0.29) is 24.3 Å². The standard InChI is InChI=1S/C21H31NO3S/c1-21(2,3)25-20(24)22-13-12-19(23)17-10-7-11-18(14-17)26-15-16-8-5-4-6-9-16/h7,10-11,14,16H,4-6,8-9,12-13,15H2,1-3H3,(H,22,24)/i4D2,5D2,6D2,8D2,9D2,16D. The van der Waals surface area contributed by atoms with Crippen molar-refractivity contribution < 1.29 is 29.4 Å². The van der Waals surface area contributed by atoms with Gasteiger partial charge < -0.3 is 10.1 Å². The van der Waals surface area contributed by atoms with Crippen LogP contribution in [0.5, 0.6) is 0 Å². The second-order valence-corrected chi connectivity index (χ2v) is 7.57. The van der Waals surface area contributed by atoms with Crippen molar-refractivity contribution in [1.29, 1.82) is 0 Å². The quantitative estimate of drug-likeness (QED) is 0.498. The van der Waals surface area contributed by atoms with Crippen LogP contribution in [-0.4, -0.2) is 29.8 Å². The minimum absolute atomic E-state index is 0.00746. The summed E-state index contributed by atoms with van der Waals surface area (Å²) in [5.74, 6) is -4.15. The highest BCUT2D eigenvalue weighted by molar-refractivity contribution is 7.99. The molecular formula is C21H31NO3S. The largest absolute Gasteiger partial charge is 0.444 e. The molecule has 5 heteroatoms. The molecule has 26 heavy (non-hydrogen) atoms. The van der Waals surface area contributed by atoms with E-state index >= 15 is 0 Å². The van der Waals surface area contributed by atoms with Crippen molar-refractivity contribution in [2.75, 3.05) is 12.3 Å². The van der Waals surface area contributed by atoms with Crippen molar-refractivity contribution in [2.45, 2.75) is 69.6 Å². The lowest BCUT2D eigenvalue weighted by molar-refractivity contribution is 0.0527. The van der Waals surface area contributed by atoms with Gasteiger partial charge in [0.25, 0.3) is 0 Å². The molecule has 0 heterocycles. The Hall–Kier alpha value is -1.49. The van der Waals surface area contributed by atoms with Crippen molar-refractivity contribution in [1.82, 2.24) is 5.32 Å². The Morgan fingerprint density at radius 1 is 1.31 bits per heavy atom. The van der Waals surface area contributed by atoms with E-state index in [0.717, 1.165) is 11.8 Å². The highest BCUT2D eigenvalue weighted by Crippen LogP contribution is 2.30. The molecular weight excluding hydrogens is 346 g/mol. The van der Waals surface area contributed by atoms with E-state index in [1.165, 1.54) is 24.3 Å². The second-order valence-electron chi connectivity index (χ2n) is 6.52. The van der Waals surface area contributed by atoms with E-state index in [2.05, 4.69) is 5.32 Å². The van der Waals surface area contributed by atoms with Gasteiger partial charge in [-0.1, -0.05) is 31.3 Å². The van der Waals surface area contributed by atoms with Crippen molar-refractivity contribution >= 4 is 23.6 Å². The first-order valence-corrected chi connectivity index (χ1v) is 9.18. The van der Waals surface area contributed by atoms with Crippen LogP contribution in [0.25, 0.3) is 0 Å². The second kappa shape index (κ2) is 10.0. The van der Waals surface area contributed by atoms with E-state index in [0.29, 0.717) is 4.90 Å². The van der Waals surface area contributed by atoms with Crippen LogP contribution in [-0.2, 0) is 4.74 Å². The van der Waals surface area contributed by atoms with Crippen LogP contribution in [0.1, 0.15) is 84.5 Å². The number of carbonyl (C=O) groups excluding carboxylic acids is 2. The molecule has 1 saturated carbocycles. The van der Waals surface area contributed by atoms with E-state index in [1.54, 1.807) is 20.8 Å². The van der Waals surface area contributed by atoms with E-state index < -0.39 is 55.2 Å². The number of amides is 1. The fourth-order valence-electron chi connectivity index (χ4n) is 2.00. The molecule has 0 saturated heterocycles. The molecule has 0 bridgehead atoms. The van der Waals surface area contributed by atoms with Gasteiger partial charge in [0.15, 0.2) is 5.78 Å². The van der Waals surface area contributed by atoms with Crippen LogP contribution in [0.2, 0.25) is 0 Å². The van der Waals surface area contributed by atoms with Crippen LogP contribution in [0.15, 0.2) is 29.2 Å². The average Bonchev–Trinajstić information content (AvgIpc) is 2.74. The summed E-state index contributed by atoms with van der Waals surface area (Å²) in [5, 5.41) is 2.47. The normalized spacial score (nSPS) is 32.7. The van der Waals surface area contributed by atoms with Crippen molar-refractivity contribution in [3.63, 3.8) is 0 Å². The Balaban J connectivity index is 2.21. The molecule has 0 atom stereocenters. The van der Waals surface area contributed by atoms with Crippen LogP contribution in [0.4, 0.5) is 4.79 Å². The van der Waals surface area contributed by atoms with Crippen LogP contribution in [0.3, 0.4) is 0 Å². The third kappa shape index (κ3) is 7.81. The summed E-state index contributed by atoms with van der Waals surface area (Å²) in [6.45, 7) is 5.10. The molecule has 0 radical (unpaired) electrons. The smallest absolute Gasteiger partial charge is 0.407 e. The molecule has 1 N–H and O–H groups in total. The Morgan fingerprint density at radius 2 is 2.04 bits per heavy atom. The molecule has 1 fully saturated rings. The van der Waals surface area contributed by atoms with Gasteiger partial charge in [-0.2, -0.15) is 0 Å². The maximum Gasteiger partial charge on any atom is 0.407 e. The maximum absolute atomic E-state index is 12.6. The first kappa shape index (κ1) is 10.2. The number of Topliss-reactive ketones (excluding diaryl/α,β-unsaturated/α-hetero) is 1. The van der Waals surface area contributed by atoms with Gasteiger partial charge in [-0.25, -0.2) is 4.79 Å². The summed E-state index contributed by atoms with van der Waals surface area (Å²) >= 11 is 0.733. The number of alkyl carbamates (subject to hydrolysis) is 1. The summed E-state index contributed by atoms with van der Waals surface area (Å²) in [7, 11) is 0. The number of hydrogen-bond donors (Lipinski definition) is 1. The molecule has 4 nitrogen and oxygen atoms in total. The van der Waals surface area contributed by atoms with Gasteiger partial charge in [-0.3, -0.25) is 4.79 Å². The topological polar surface area (TPSA) is 55.4 Å². The number of ketones is 1. The molecule has 0 spiro atoms. The van der Waals surface area contributed by atoms with Gasteiger partial charge in [-0.15, -0.1) is 11.8 Å². The van der Waals surface area contributed by atoms with Crippen LogP contribution in [0, 0.1) is 5.89 Å². The number of hydrogen-bond acceptors (Lipinski definition) is 4. The van der Waals surface area contributed by atoms with Gasteiger partial charge in [-0.05, 0) is 51.5 Å². The highest BCUT2D eigenvalue weighted by atomic mass is 32.2. The summed E-state index contributed by atoms with van der Waals surface area (Å²) in [6.07, 6.45) is -18.2. The van der Waals surface area contributed by atoms with Crippen molar-refractivity contribution in [2.24, 2.45) is 5.89 Å². The molecule has 2 rings (SSSR count). The minimum atomic E-state index is -3.57. The monoisotopic (exact) mass is 388 g/mol. The number of carbonyl (C=O) groups is 2. The third-order valence-corrected chi connectivity index (χ3v) is 4.13. The molecule has 1 amide bonds. The predicted molar refractivity (Wildman–Crippen MR) is 107 cm³/mol. The Morgan fingerprint density at radius 3 is 2.73 bits per heavy atom. The van der Waals surface area contributed by atoms with Crippen molar-refractivity contribution in [3.8, 4) is 0 Å². The SMILES string of the molecule is [2H]C1([2H])C([2H])([2H])C([2H])([2H])C([2H])(CSc2cccc(C(=O)CCNC(=O)OC(C)(C)C)c2)C([2H])([2H])C1([2H])[2H]. The maximum atomic E-state index is 12.6. The van der Waals surface area contributed by atoms with Crippen molar-refractivity contribution in [3.05, 3.63) is 29.8 Å². The molecule has 1 aliphatic carbocycles. The molecule has 144 valence electrons. The first-order valence-electron chi connectivity index (χ1n) is 13.7. The number of nitrogens with one attached hydrogen (secondary N) is 1. The number of thioether (sulfide) groups is 1. The number of rotatable bonds is 7. The molecule has 0 unspecified atom stereocenters. The van der Waals surface area contributed by atoms with E-state index in [1.807, 2.05) is 0 Å². The highest BCUT2D eigenvalue weighted by Gasteiger charge is 2.16. The molecule has 1 aliphatic rings. The van der Waals surface area contributed by atoms with E-state index in [4.69, 9.17) is 19.8 Å². The molecule has 0 aliphatic heterocycles. The zero-order chi connectivity index (χ0) is 28.9. The van der Waals surface area contributed by atoms with Crippen LogP contribution < -0.4 is 5.32 Å². The van der Waals surface area contributed by atoms with E-state index in [9.17, 15) is 9.59 Å². The minimum Gasteiger partial charge on any atom is -0.444 e. The third-order valence-electron chi connectivity index (χ3n) is 3.11. The van der Waals surface area contributed by atoms with Gasteiger partial charge in [0, 0.05) is 44.3 Å². The zero-order valence-corrected chi connectivity index (χ0v) is 15.9. The fourth-order valence-corrected chi connectivity index (χ4v) is 2.84.